The number of aromatic nitrogens is 1. The van der Waals surface area contributed by atoms with E-state index in [4.69, 9.17) is 0 Å². The van der Waals surface area contributed by atoms with Crippen molar-refractivity contribution in [2.75, 3.05) is 32.7 Å². The fourth-order valence-electron chi connectivity index (χ4n) is 2.95. The minimum atomic E-state index is 0.177. The Hall–Kier alpha value is -1.91. The molecule has 136 valence electrons. The third-order valence-electron chi connectivity index (χ3n) is 4.37. The maximum atomic E-state index is 4.54. The van der Waals surface area contributed by atoms with Gasteiger partial charge in [-0.2, -0.15) is 0 Å². The summed E-state index contributed by atoms with van der Waals surface area (Å²) in [7, 11) is 0. The maximum Gasteiger partial charge on any atom is 0.0871 e. The molecule has 1 fully saturated rings. The van der Waals surface area contributed by atoms with Crippen LogP contribution in [0.1, 0.15) is 44.5 Å². The van der Waals surface area contributed by atoms with Gasteiger partial charge in [-0.05, 0) is 42.0 Å². The number of hydrogen-bond acceptors (Lipinski definition) is 4. The third kappa shape index (κ3) is 6.15. The standard InChI is InChI=1S/C19H26N4.C2H6/c1-2-16-5-7-21-18(14-16)19-15-17(6-8-22-19)4-3-11-23-12-9-20-10-13-23;1-2/h3-8,14-15,18,20-21H,2,9-13H2,1H3;1-2H3/b4-3+;. The predicted octanol–water partition coefficient (Wildman–Crippen LogP) is 3.52. The Labute approximate surface area is 152 Å². The van der Waals surface area contributed by atoms with Crippen molar-refractivity contribution in [1.29, 1.82) is 0 Å². The number of rotatable bonds is 5. The van der Waals surface area contributed by atoms with Gasteiger partial charge in [-0.25, -0.2) is 0 Å². The van der Waals surface area contributed by atoms with Crippen LogP contribution in [0.25, 0.3) is 6.08 Å². The van der Waals surface area contributed by atoms with Gasteiger partial charge in [-0.3, -0.25) is 9.88 Å². The summed E-state index contributed by atoms with van der Waals surface area (Å²) in [5.74, 6) is 0. The molecule has 0 amide bonds. The molecule has 0 spiro atoms. The van der Waals surface area contributed by atoms with Gasteiger partial charge in [0.2, 0.25) is 0 Å². The topological polar surface area (TPSA) is 40.2 Å². The highest BCUT2D eigenvalue weighted by atomic mass is 15.2. The highest BCUT2D eigenvalue weighted by molar-refractivity contribution is 5.50. The molecule has 1 aromatic rings. The Balaban J connectivity index is 0.00000109. The maximum absolute atomic E-state index is 4.54. The van der Waals surface area contributed by atoms with E-state index in [1.54, 1.807) is 0 Å². The van der Waals surface area contributed by atoms with Crippen LogP contribution < -0.4 is 10.6 Å². The van der Waals surface area contributed by atoms with E-state index in [0.29, 0.717) is 0 Å². The molecule has 1 saturated heterocycles. The molecular weight excluding hydrogens is 308 g/mol. The molecular formula is C21H32N4. The highest BCUT2D eigenvalue weighted by Crippen LogP contribution is 2.20. The van der Waals surface area contributed by atoms with Crippen molar-refractivity contribution >= 4 is 6.08 Å². The first-order valence-electron chi connectivity index (χ1n) is 9.54. The van der Waals surface area contributed by atoms with Gasteiger partial charge in [0.25, 0.3) is 0 Å². The van der Waals surface area contributed by atoms with Crippen LogP contribution in [0, 0.1) is 0 Å². The van der Waals surface area contributed by atoms with Gasteiger partial charge in [-0.15, -0.1) is 0 Å². The molecule has 3 rings (SSSR count). The van der Waals surface area contributed by atoms with E-state index in [0.717, 1.165) is 44.8 Å². The van der Waals surface area contributed by atoms with Crippen LogP contribution in [0.3, 0.4) is 0 Å². The number of nitrogens with one attached hydrogen (secondary N) is 2. The molecule has 0 radical (unpaired) electrons. The molecule has 4 nitrogen and oxygen atoms in total. The zero-order chi connectivity index (χ0) is 17.9. The van der Waals surface area contributed by atoms with Crippen LogP contribution in [0.15, 0.2) is 48.3 Å². The SMILES string of the molecule is CC.CCC1=CC(c2cc(/C=C/CN3CCNCC3)ccn2)NC=C1. The van der Waals surface area contributed by atoms with Gasteiger partial charge >= 0.3 is 0 Å². The molecule has 2 N–H and O–H groups in total. The Morgan fingerprint density at radius 3 is 2.84 bits per heavy atom. The van der Waals surface area contributed by atoms with Crippen molar-refractivity contribution in [3.63, 3.8) is 0 Å². The van der Waals surface area contributed by atoms with Gasteiger partial charge in [0.05, 0.1) is 11.7 Å². The van der Waals surface area contributed by atoms with E-state index in [-0.39, 0.29) is 6.04 Å². The Kier molecular flexibility index (Phi) is 8.43. The summed E-state index contributed by atoms with van der Waals surface area (Å²) in [6.07, 6.45) is 13.8. The monoisotopic (exact) mass is 340 g/mol. The molecule has 2 aliphatic rings. The van der Waals surface area contributed by atoms with Gasteiger partial charge in [0, 0.05) is 38.9 Å². The van der Waals surface area contributed by atoms with E-state index in [2.05, 4.69) is 63.9 Å². The Morgan fingerprint density at radius 1 is 1.28 bits per heavy atom. The van der Waals surface area contributed by atoms with Crippen LogP contribution >= 0.6 is 0 Å². The number of piperazine rings is 1. The van der Waals surface area contributed by atoms with Crippen molar-refractivity contribution in [3.8, 4) is 0 Å². The summed E-state index contributed by atoms with van der Waals surface area (Å²) in [5.41, 5.74) is 3.65. The lowest BCUT2D eigenvalue weighted by Crippen LogP contribution is -2.43. The van der Waals surface area contributed by atoms with E-state index in [1.807, 2.05) is 26.2 Å². The quantitative estimate of drug-likeness (QED) is 0.860. The fourth-order valence-corrected chi connectivity index (χ4v) is 2.95. The smallest absolute Gasteiger partial charge is 0.0871 e. The first-order valence-corrected chi connectivity index (χ1v) is 9.54. The van der Waals surface area contributed by atoms with Gasteiger partial charge in [0.15, 0.2) is 0 Å². The summed E-state index contributed by atoms with van der Waals surface area (Å²) < 4.78 is 0. The van der Waals surface area contributed by atoms with Crippen molar-refractivity contribution in [2.45, 2.75) is 33.2 Å². The van der Waals surface area contributed by atoms with Crippen LogP contribution in [-0.2, 0) is 0 Å². The number of hydrogen-bond donors (Lipinski definition) is 2. The zero-order valence-electron chi connectivity index (χ0n) is 15.8. The van der Waals surface area contributed by atoms with E-state index in [1.165, 1.54) is 11.1 Å². The molecule has 4 heteroatoms. The second-order valence-corrected chi connectivity index (χ2v) is 6.04. The molecule has 3 heterocycles. The molecule has 25 heavy (non-hydrogen) atoms. The summed E-state index contributed by atoms with van der Waals surface area (Å²) in [6, 6.07) is 4.42. The van der Waals surface area contributed by atoms with Crippen molar-refractivity contribution in [3.05, 3.63) is 59.6 Å². The Morgan fingerprint density at radius 2 is 2.08 bits per heavy atom. The summed E-state index contributed by atoms with van der Waals surface area (Å²) in [5, 5.41) is 6.76. The van der Waals surface area contributed by atoms with Crippen LogP contribution in [-0.4, -0.2) is 42.6 Å². The Bertz CT molecular complexity index is 598. The molecule has 0 bridgehead atoms. The molecule has 1 unspecified atom stereocenters. The number of pyridine rings is 1. The van der Waals surface area contributed by atoms with Crippen molar-refractivity contribution < 1.29 is 0 Å². The van der Waals surface area contributed by atoms with E-state index in [9.17, 15) is 0 Å². The largest absolute Gasteiger partial charge is 0.379 e. The predicted molar refractivity (Wildman–Crippen MR) is 107 cm³/mol. The molecule has 2 aliphatic heterocycles. The van der Waals surface area contributed by atoms with Crippen molar-refractivity contribution in [2.24, 2.45) is 0 Å². The molecule has 0 saturated carbocycles. The molecule has 1 aromatic heterocycles. The van der Waals surface area contributed by atoms with Crippen LogP contribution in [0.2, 0.25) is 0 Å². The average molecular weight is 341 g/mol. The van der Waals surface area contributed by atoms with Gasteiger partial charge in [0.1, 0.15) is 0 Å². The van der Waals surface area contributed by atoms with Gasteiger partial charge in [-0.1, -0.05) is 39.0 Å². The number of allylic oxidation sites excluding steroid dienone is 2. The zero-order valence-corrected chi connectivity index (χ0v) is 15.8. The van der Waals surface area contributed by atoms with Gasteiger partial charge < -0.3 is 10.6 Å². The highest BCUT2D eigenvalue weighted by Gasteiger charge is 2.12. The van der Waals surface area contributed by atoms with Crippen molar-refractivity contribution in [1.82, 2.24) is 20.5 Å². The van der Waals surface area contributed by atoms with E-state index >= 15 is 0 Å². The lowest BCUT2D eigenvalue weighted by molar-refractivity contribution is 0.265. The molecule has 0 aromatic carbocycles. The second-order valence-electron chi connectivity index (χ2n) is 6.04. The molecule has 1 atom stereocenters. The lowest BCUT2D eigenvalue weighted by Gasteiger charge is -2.25. The van der Waals surface area contributed by atoms with Crippen LogP contribution in [0.5, 0.6) is 0 Å². The molecule has 0 aliphatic carbocycles. The van der Waals surface area contributed by atoms with E-state index < -0.39 is 0 Å². The first-order chi connectivity index (χ1) is 12.3. The van der Waals surface area contributed by atoms with Crippen LogP contribution in [0.4, 0.5) is 0 Å². The number of nitrogens with zero attached hydrogens (tertiary/aromatic N) is 2. The minimum absolute atomic E-state index is 0.177. The summed E-state index contributed by atoms with van der Waals surface area (Å²) >= 11 is 0. The first kappa shape index (κ1) is 19.4. The summed E-state index contributed by atoms with van der Waals surface area (Å²) in [6.45, 7) is 11.7. The second kappa shape index (κ2) is 10.9. The normalized spacial score (nSPS) is 20.6. The minimum Gasteiger partial charge on any atom is -0.379 e. The average Bonchev–Trinajstić information content (AvgIpc) is 2.71. The number of dihydropyridines is 1. The third-order valence-corrected chi connectivity index (χ3v) is 4.37. The summed E-state index contributed by atoms with van der Waals surface area (Å²) in [4.78, 5) is 7.01. The lowest BCUT2D eigenvalue weighted by atomic mass is 10.0. The fraction of sp³-hybridized carbons (Fsp3) is 0.476.